The van der Waals surface area contributed by atoms with Crippen molar-refractivity contribution in [1.29, 1.82) is 0 Å². The molecule has 1 saturated carbocycles. The number of carbonyl (C=O) groups is 2. The highest BCUT2D eigenvalue weighted by Gasteiger charge is 2.29. The Hall–Kier alpha value is -1.10. The van der Waals surface area contributed by atoms with E-state index in [1.807, 2.05) is 9.80 Å². The summed E-state index contributed by atoms with van der Waals surface area (Å²) >= 11 is 0. The summed E-state index contributed by atoms with van der Waals surface area (Å²) in [6.07, 6.45) is 8.99. The summed E-state index contributed by atoms with van der Waals surface area (Å²) in [5.74, 6) is 1.58. The Labute approximate surface area is 139 Å². The van der Waals surface area contributed by atoms with E-state index in [0.717, 1.165) is 64.4 Å². The highest BCUT2D eigenvalue weighted by molar-refractivity contribution is 5.80. The molecule has 0 aromatic heterocycles. The lowest BCUT2D eigenvalue weighted by Gasteiger charge is -2.37. The summed E-state index contributed by atoms with van der Waals surface area (Å²) in [6.45, 7) is 4.79. The molecule has 2 amide bonds. The molecule has 0 atom stereocenters. The van der Waals surface area contributed by atoms with Gasteiger partial charge in [-0.15, -0.1) is 0 Å². The molecule has 0 spiro atoms. The summed E-state index contributed by atoms with van der Waals surface area (Å²) in [4.78, 5) is 28.8. The molecule has 0 aromatic carbocycles. The quantitative estimate of drug-likeness (QED) is 0.856. The molecule has 23 heavy (non-hydrogen) atoms. The standard InChI is InChI=1S/C18H31N3O2/c22-17(6-5-15-3-1-2-4-15)20-11-13-21(14-12-20)18(23)16-7-9-19-10-8-16/h15-16,19H,1-14H2. The first kappa shape index (κ1) is 16.7. The Morgan fingerprint density at radius 3 is 2.13 bits per heavy atom. The van der Waals surface area contributed by atoms with Crippen molar-refractivity contribution in [3.63, 3.8) is 0 Å². The van der Waals surface area contributed by atoms with Crippen molar-refractivity contribution in [1.82, 2.24) is 15.1 Å². The van der Waals surface area contributed by atoms with E-state index in [-0.39, 0.29) is 5.92 Å². The van der Waals surface area contributed by atoms with Gasteiger partial charge in [0, 0.05) is 38.5 Å². The lowest BCUT2D eigenvalue weighted by Crippen LogP contribution is -2.52. The number of nitrogens with one attached hydrogen (secondary N) is 1. The van der Waals surface area contributed by atoms with E-state index in [1.165, 1.54) is 25.7 Å². The zero-order chi connectivity index (χ0) is 16.1. The average molecular weight is 321 g/mol. The van der Waals surface area contributed by atoms with E-state index in [9.17, 15) is 9.59 Å². The number of nitrogens with zero attached hydrogens (tertiary/aromatic N) is 2. The molecule has 2 aliphatic heterocycles. The largest absolute Gasteiger partial charge is 0.339 e. The molecule has 5 nitrogen and oxygen atoms in total. The van der Waals surface area contributed by atoms with Gasteiger partial charge in [0.05, 0.1) is 0 Å². The fourth-order valence-electron chi connectivity index (χ4n) is 4.29. The van der Waals surface area contributed by atoms with Crippen molar-refractivity contribution in [3.05, 3.63) is 0 Å². The molecule has 3 rings (SSSR count). The normalized spacial score (nSPS) is 24.2. The van der Waals surface area contributed by atoms with Crippen LogP contribution in [0.2, 0.25) is 0 Å². The van der Waals surface area contributed by atoms with Crippen LogP contribution >= 0.6 is 0 Å². The van der Waals surface area contributed by atoms with Gasteiger partial charge in [0.15, 0.2) is 0 Å². The van der Waals surface area contributed by atoms with E-state index in [2.05, 4.69) is 5.32 Å². The second kappa shape index (κ2) is 8.13. The predicted octanol–water partition coefficient (Wildman–Crippen LogP) is 1.63. The summed E-state index contributed by atoms with van der Waals surface area (Å²) in [5, 5.41) is 3.31. The third kappa shape index (κ3) is 4.46. The lowest BCUT2D eigenvalue weighted by atomic mass is 9.96. The number of amides is 2. The van der Waals surface area contributed by atoms with E-state index < -0.39 is 0 Å². The van der Waals surface area contributed by atoms with Crippen LogP contribution in [0.15, 0.2) is 0 Å². The molecule has 0 radical (unpaired) electrons. The number of piperidine rings is 1. The maximum atomic E-state index is 12.5. The Balaban J connectivity index is 1.38. The molecular weight excluding hydrogens is 290 g/mol. The number of rotatable bonds is 4. The third-order valence-corrected chi connectivity index (χ3v) is 5.87. The van der Waals surface area contributed by atoms with Gasteiger partial charge >= 0.3 is 0 Å². The van der Waals surface area contributed by atoms with Gasteiger partial charge in [0.1, 0.15) is 0 Å². The van der Waals surface area contributed by atoms with E-state index in [0.29, 0.717) is 18.2 Å². The van der Waals surface area contributed by atoms with Crippen LogP contribution in [-0.4, -0.2) is 60.9 Å². The monoisotopic (exact) mass is 321 g/mol. The zero-order valence-electron chi connectivity index (χ0n) is 14.3. The lowest BCUT2D eigenvalue weighted by molar-refractivity contribution is -0.142. The molecule has 0 unspecified atom stereocenters. The minimum absolute atomic E-state index is 0.195. The molecule has 3 aliphatic rings. The molecule has 3 fully saturated rings. The van der Waals surface area contributed by atoms with Crippen LogP contribution in [0.25, 0.3) is 0 Å². The van der Waals surface area contributed by atoms with Gasteiger partial charge < -0.3 is 15.1 Å². The summed E-state index contributed by atoms with van der Waals surface area (Å²) in [7, 11) is 0. The Morgan fingerprint density at radius 1 is 0.870 bits per heavy atom. The van der Waals surface area contributed by atoms with Crippen LogP contribution in [0.4, 0.5) is 0 Å². The van der Waals surface area contributed by atoms with Crippen LogP contribution in [0, 0.1) is 11.8 Å². The SMILES string of the molecule is O=C(CCC1CCCC1)N1CCN(C(=O)C2CCNCC2)CC1. The molecule has 0 aromatic rings. The van der Waals surface area contributed by atoms with Gasteiger partial charge in [-0.1, -0.05) is 25.7 Å². The minimum Gasteiger partial charge on any atom is -0.339 e. The van der Waals surface area contributed by atoms with Gasteiger partial charge in [-0.05, 0) is 38.3 Å². The summed E-state index contributed by atoms with van der Waals surface area (Å²) < 4.78 is 0. The van der Waals surface area contributed by atoms with Crippen molar-refractivity contribution < 1.29 is 9.59 Å². The van der Waals surface area contributed by atoms with Crippen molar-refractivity contribution in [2.45, 2.75) is 51.4 Å². The average Bonchev–Trinajstić information content (AvgIpc) is 3.13. The number of hydrogen-bond acceptors (Lipinski definition) is 3. The summed E-state index contributed by atoms with van der Waals surface area (Å²) in [6, 6.07) is 0. The molecule has 0 bridgehead atoms. The molecule has 1 aliphatic carbocycles. The zero-order valence-corrected chi connectivity index (χ0v) is 14.3. The fourth-order valence-corrected chi connectivity index (χ4v) is 4.29. The number of piperazine rings is 1. The van der Waals surface area contributed by atoms with Crippen molar-refractivity contribution in [2.75, 3.05) is 39.3 Å². The highest BCUT2D eigenvalue weighted by Crippen LogP contribution is 2.28. The third-order valence-electron chi connectivity index (χ3n) is 5.87. The van der Waals surface area contributed by atoms with Gasteiger partial charge in [-0.2, -0.15) is 0 Å². The first-order chi connectivity index (χ1) is 11.2. The molecule has 1 N–H and O–H groups in total. The first-order valence-corrected chi connectivity index (χ1v) is 9.51. The van der Waals surface area contributed by atoms with Crippen LogP contribution < -0.4 is 5.32 Å². The predicted molar refractivity (Wildman–Crippen MR) is 89.9 cm³/mol. The molecule has 2 heterocycles. The van der Waals surface area contributed by atoms with E-state index >= 15 is 0 Å². The Morgan fingerprint density at radius 2 is 1.48 bits per heavy atom. The van der Waals surface area contributed by atoms with Gasteiger partial charge in [0.25, 0.3) is 0 Å². The van der Waals surface area contributed by atoms with E-state index in [1.54, 1.807) is 0 Å². The van der Waals surface area contributed by atoms with Crippen molar-refractivity contribution in [2.24, 2.45) is 11.8 Å². The molecule has 130 valence electrons. The molecule has 2 saturated heterocycles. The van der Waals surface area contributed by atoms with Crippen LogP contribution in [0.3, 0.4) is 0 Å². The van der Waals surface area contributed by atoms with Crippen LogP contribution in [-0.2, 0) is 9.59 Å². The van der Waals surface area contributed by atoms with Crippen LogP contribution in [0.5, 0.6) is 0 Å². The summed E-state index contributed by atoms with van der Waals surface area (Å²) in [5.41, 5.74) is 0. The second-order valence-electron chi connectivity index (χ2n) is 7.42. The van der Waals surface area contributed by atoms with Gasteiger partial charge in [0.2, 0.25) is 11.8 Å². The second-order valence-corrected chi connectivity index (χ2v) is 7.42. The van der Waals surface area contributed by atoms with Crippen molar-refractivity contribution in [3.8, 4) is 0 Å². The maximum Gasteiger partial charge on any atom is 0.225 e. The fraction of sp³-hybridized carbons (Fsp3) is 0.889. The smallest absolute Gasteiger partial charge is 0.225 e. The maximum absolute atomic E-state index is 12.5. The van der Waals surface area contributed by atoms with E-state index in [4.69, 9.17) is 0 Å². The van der Waals surface area contributed by atoms with Crippen LogP contribution in [0.1, 0.15) is 51.4 Å². The molecule has 5 heteroatoms. The Kier molecular flexibility index (Phi) is 5.92. The minimum atomic E-state index is 0.195. The Bertz CT molecular complexity index is 406. The number of carbonyl (C=O) groups excluding carboxylic acids is 2. The van der Waals surface area contributed by atoms with Gasteiger partial charge in [-0.25, -0.2) is 0 Å². The highest BCUT2D eigenvalue weighted by atomic mass is 16.2. The molecular formula is C18H31N3O2. The number of hydrogen-bond donors (Lipinski definition) is 1. The topological polar surface area (TPSA) is 52.7 Å². The van der Waals surface area contributed by atoms with Crippen molar-refractivity contribution >= 4 is 11.8 Å². The van der Waals surface area contributed by atoms with Gasteiger partial charge in [-0.3, -0.25) is 9.59 Å². The first-order valence-electron chi connectivity index (χ1n) is 9.51.